The number of aryl methyl sites for hydroxylation is 1. The number of benzene rings is 1. The second kappa shape index (κ2) is 4.54. The first kappa shape index (κ1) is 11.0. The van der Waals surface area contributed by atoms with E-state index in [-0.39, 0.29) is 0 Å². The molecule has 16 heavy (non-hydrogen) atoms. The third-order valence-electron chi connectivity index (χ3n) is 2.95. The van der Waals surface area contributed by atoms with Crippen LogP contribution in [-0.2, 0) is 13.6 Å². The van der Waals surface area contributed by atoms with Crippen LogP contribution in [-0.4, -0.2) is 10.6 Å². The standard InChI is InChI=1S/C14H18N2/c1-4-11(2)15-9-12-10-16(3)14-8-6-5-7-13(12)14/h4-8,10-11,15H,1,9H2,2-3H3. The van der Waals surface area contributed by atoms with Gasteiger partial charge in [-0.2, -0.15) is 0 Å². The van der Waals surface area contributed by atoms with Gasteiger partial charge in [0.05, 0.1) is 0 Å². The number of nitrogens with zero attached hydrogens (tertiary/aromatic N) is 1. The summed E-state index contributed by atoms with van der Waals surface area (Å²) in [4.78, 5) is 0. The highest BCUT2D eigenvalue weighted by Gasteiger charge is 2.05. The molecule has 2 rings (SSSR count). The highest BCUT2D eigenvalue weighted by molar-refractivity contribution is 5.83. The minimum atomic E-state index is 0.346. The van der Waals surface area contributed by atoms with Gasteiger partial charge in [0.2, 0.25) is 0 Å². The van der Waals surface area contributed by atoms with Crippen molar-refractivity contribution in [3.63, 3.8) is 0 Å². The zero-order valence-corrected chi connectivity index (χ0v) is 9.90. The summed E-state index contributed by atoms with van der Waals surface area (Å²) in [6.07, 6.45) is 4.11. The van der Waals surface area contributed by atoms with E-state index in [0.717, 1.165) is 6.54 Å². The predicted molar refractivity (Wildman–Crippen MR) is 69.4 cm³/mol. The maximum atomic E-state index is 3.77. The van der Waals surface area contributed by atoms with Crippen LogP contribution in [0.3, 0.4) is 0 Å². The first-order chi connectivity index (χ1) is 7.72. The second-order valence-corrected chi connectivity index (χ2v) is 4.19. The number of hydrogen-bond donors (Lipinski definition) is 1. The fourth-order valence-corrected chi connectivity index (χ4v) is 1.92. The van der Waals surface area contributed by atoms with Crippen LogP contribution in [0.5, 0.6) is 0 Å². The van der Waals surface area contributed by atoms with Crippen molar-refractivity contribution in [1.29, 1.82) is 0 Å². The highest BCUT2D eigenvalue weighted by atomic mass is 14.9. The van der Waals surface area contributed by atoms with E-state index in [9.17, 15) is 0 Å². The molecule has 0 aliphatic rings. The second-order valence-electron chi connectivity index (χ2n) is 4.19. The Labute approximate surface area is 96.6 Å². The van der Waals surface area contributed by atoms with E-state index < -0.39 is 0 Å². The minimum Gasteiger partial charge on any atom is -0.350 e. The molecule has 84 valence electrons. The summed E-state index contributed by atoms with van der Waals surface area (Å²) >= 11 is 0. The Morgan fingerprint density at radius 1 is 1.44 bits per heavy atom. The van der Waals surface area contributed by atoms with Crippen LogP contribution in [0.25, 0.3) is 10.9 Å². The number of nitrogens with one attached hydrogen (secondary N) is 1. The van der Waals surface area contributed by atoms with E-state index in [1.54, 1.807) is 0 Å². The van der Waals surface area contributed by atoms with Crippen LogP contribution in [0.1, 0.15) is 12.5 Å². The Hall–Kier alpha value is -1.54. The molecule has 1 heterocycles. The largest absolute Gasteiger partial charge is 0.350 e. The fraction of sp³-hybridized carbons (Fsp3) is 0.286. The number of rotatable bonds is 4. The van der Waals surface area contributed by atoms with Crippen LogP contribution in [0.15, 0.2) is 43.1 Å². The lowest BCUT2D eigenvalue weighted by Gasteiger charge is -2.07. The van der Waals surface area contributed by atoms with Gasteiger partial charge in [-0.15, -0.1) is 6.58 Å². The van der Waals surface area contributed by atoms with Gasteiger partial charge in [0.15, 0.2) is 0 Å². The van der Waals surface area contributed by atoms with Gasteiger partial charge in [-0.05, 0) is 18.6 Å². The molecule has 0 saturated carbocycles. The van der Waals surface area contributed by atoms with Crippen molar-refractivity contribution in [2.75, 3.05) is 0 Å². The number of fused-ring (bicyclic) bond motifs is 1. The monoisotopic (exact) mass is 214 g/mol. The molecule has 1 unspecified atom stereocenters. The normalized spacial score (nSPS) is 12.9. The third-order valence-corrected chi connectivity index (χ3v) is 2.95. The highest BCUT2D eigenvalue weighted by Crippen LogP contribution is 2.19. The van der Waals surface area contributed by atoms with Crippen molar-refractivity contribution in [2.24, 2.45) is 7.05 Å². The molecule has 0 amide bonds. The number of aromatic nitrogens is 1. The molecule has 1 aromatic carbocycles. The molecular weight excluding hydrogens is 196 g/mol. The van der Waals surface area contributed by atoms with Crippen molar-refractivity contribution in [3.8, 4) is 0 Å². The van der Waals surface area contributed by atoms with Gasteiger partial charge in [0, 0.05) is 36.7 Å². The van der Waals surface area contributed by atoms with Gasteiger partial charge < -0.3 is 9.88 Å². The first-order valence-electron chi connectivity index (χ1n) is 5.61. The zero-order valence-electron chi connectivity index (χ0n) is 9.90. The van der Waals surface area contributed by atoms with Crippen LogP contribution >= 0.6 is 0 Å². The summed E-state index contributed by atoms with van der Waals surface area (Å²) in [5.41, 5.74) is 2.62. The molecular formula is C14H18N2. The molecule has 0 fully saturated rings. The lowest BCUT2D eigenvalue weighted by atomic mass is 10.1. The number of para-hydroxylation sites is 1. The van der Waals surface area contributed by atoms with Crippen molar-refractivity contribution in [2.45, 2.75) is 19.5 Å². The lowest BCUT2D eigenvalue weighted by molar-refractivity contribution is 0.635. The third kappa shape index (κ3) is 2.02. The van der Waals surface area contributed by atoms with E-state index in [4.69, 9.17) is 0 Å². The quantitative estimate of drug-likeness (QED) is 0.774. The summed E-state index contributed by atoms with van der Waals surface area (Å²) in [5, 5.41) is 4.75. The van der Waals surface area contributed by atoms with Crippen molar-refractivity contribution in [3.05, 3.63) is 48.7 Å². The van der Waals surface area contributed by atoms with Crippen molar-refractivity contribution >= 4 is 10.9 Å². The summed E-state index contributed by atoms with van der Waals surface area (Å²) in [6.45, 7) is 6.77. The molecule has 1 atom stereocenters. The molecule has 2 nitrogen and oxygen atoms in total. The van der Waals surface area contributed by atoms with Crippen LogP contribution in [0, 0.1) is 0 Å². The Balaban J connectivity index is 2.27. The van der Waals surface area contributed by atoms with Gasteiger partial charge >= 0.3 is 0 Å². The number of hydrogen-bond acceptors (Lipinski definition) is 1. The molecule has 0 spiro atoms. The fourth-order valence-electron chi connectivity index (χ4n) is 1.92. The van der Waals surface area contributed by atoms with E-state index in [1.165, 1.54) is 16.5 Å². The van der Waals surface area contributed by atoms with E-state index in [1.807, 2.05) is 6.08 Å². The van der Waals surface area contributed by atoms with Crippen molar-refractivity contribution in [1.82, 2.24) is 9.88 Å². The SMILES string of the molecule is C=CC(C)NCc1cn(C)c2ccccc12. The molecule has 0 aliphatic carbocycles. The molecule has 0 radical (unpaired) electrons. The maximum absolute atomic E-state index is 3.77. The van der Waals surface area contributed by atoms with E-state index >= 15 is 0 Å². The molecule has 0 aliphatic heterocycles. The van der Waals surface area contributed by atoms with E-state index in [0.29, 0.717) is 6.04 Å². The Morgan fingerprint density at radius 3 is 2.94 bits per heavy atom. The van der Waals surface area contributed by atoms with Crippen LogP contribution in [0.2, 0.25) is 0 Å². The van der Waals surface area contributed by atoms with Crippen molar-refractivity contribution < 1.29 is 0 Å². The molecule has 2 aromatic rings. The van der Waals surface area contributed by atoms with Gasteiger partial charge in [-0.25, -0.2) is 0 Å². The summed E-state index contributed by atoms with van der Waals surface area (Å²) in [6, 6.07) is 8.83. The van der Waals surface area contributed by atoms with Gasteiger partial charge in [-0.1, -0.05) is 24.3 Å². The Morgan fingerprint density at radius 2 is 2.19 bits per heavy atom. The van der Waals surface area contributed by atoms with E-state index in [2.05, 4.69) is 60.9 Å². The zero-order chi connectivity index (χ0) is 11.5. The maximum Gasteiger partial charge on any atom is 0.0481 e. The smallest absolute Gasteiger partial charge is 0.0481 e. The molecule has 0 saturated heterocycles. The molecule has 1 N–H and O–H groups in total. The Bertz CT molecular complexity index is 496. The average molecular weight is 214 g/mol. The van der Waals surface area contributed by atoms with Gasteiger partial charge in [-0.3, -0.25) is 0 Å². The lowest BCUT2D eigenvalue weighted by Crippen LogP contribution is -2.22. The first-order valence-corrected chi connectivity index (χ1v) is 5.61. The summed E-state index contributed by atoms with van der Waals surface area (Å²) in [5.74, 6) is 0. The van der Waals surface area contributed by atoms with Gasteiger partial charge in [0.1, 0.15) is 0 Å². The molecule has 2 heteroatoms. The minimum absolute atomic E-state index is 0.346. The predicted octanol–water partition coefficient (Wildman–Crippen LogP) is 2.84. The summed E-state index contributed by atoms with van der Waals surface area (Å²) < 4.78 is 2.17. The molecule has 1 aromatic heterocycles. The van der Waals surface area contributed by atoms with Crippen LogP contribution in [0.4, 0.5) is 0 Å². The van der Waals surface area contributed by atoms with Gasteiger partial charge in [0.25, 0.3) is 0 Å². The Kier molecular flexibility index (Phi) is 3.11. The average Bonchev–Trinajstić information content (AvgIpc) is 2.64. The van der Waals surface area contributed by atoms with Crippen LogP contribution < -0.4 is 5.32 Å². The summed E-state index contributed by atoms with van der Waals surface area (Å²) in [7, 11) is 2.09. The topological polar surface area (TPSA) is 17.0 Å². The molecule has 0 bridgehead atoms.